The molecule has 0 radical (unpaired) electrons. The van der Waals surface area contributed by atoms with Crippen molar-refractivity contribution >= 4 is 5.91 Å². The maximum atomic E-state index is 12.2. The van der Waals surface area contributed by atoms with Gasteiger partial charge >= 0.3 is 0 Å². The van der Waals surface area contributed by atoms with Crippen LogP contribution in [0.4, 0.5) is 0 Å². The van der Waals surface area contributed by atoms with E-state index >= 15 is 0 Å². The van der Waals surface area contributed by atoms with Gasteiger partial charge in [-0.05, 0) is 43.4 Å². The summed E-state index contributed by atoms with van der Waals surface area (Å²) in [5.41, 5.74) is 0.291. The molecule has 1 amide bonds. The van der Waals surface area contributed by atoms with E-state index in [0.29, 0.717) is 23.1 Å². The fourth-order valence-electron chi connectivity index (χ4n) is 3.71. The van der Waals surface area contributed by atoms with Crippen molar-refractivity contribution in [2.24, 2.45) is 11.3 Å². The van der Waals surface area contributed by atoms with Crippen molar-refractivity contribution in [1.29, 1.82) is 0 Å². The van der Waals surface area contributed by atoms with Gasteiger partial charge in [0, 0.05) is 12.5 Å². The van der Waals surface area contributed by atoms with Gasteiger partial charge in [0.05, 0.1) is 0 Å². The molecule has 3 rings (SSSR count). The Morgan fingerprint density at radius 3 is 2.71 bits per heavy atom. The number of nitrogens with zero attached hydrogens (tertiary/aromatic N) is 2. The highest BCUT2D eigenvalue weighted by molar-refractivity contribution is 5.90. The van der Waals surface area contributed by atoms with Crippen molar-refractivity contribution < 1.29 is 4.79 Å². The number of carbonyl (C=O) groups excluding carboxylic acids is 1. The van der Waals surface area contributed by atoms with Crippen molar-refractivity contribution in [3.05, 3.63) is 11.6 Å². The Labute approximate surface area is 126 Å². The van der Waals surface area contributed by atoms with Gasteiger partial charge in [-0.2, -0.15) is 0 Å². The van der Waals surface area contributed by atoms with Crippen LogP contribution in [0.15, 0.2) is 0 Å². The lowest BCUT2D eigenvalue weighted by atomic mass is 9.78. The first-order valence-electron chi connectivity index (χ1n) is 8.28. The van der Waals surface area contributed by atoms with Gasteiger partial charge in [0.25, 0.3) is 5.91 Å². The lowest BCUT2D eigenvalue weighted by molar-refractivity contribution is 0.0911. The number of H-pyrrole nitrogens is 1. The number of amides is 1. The average Bonchev–Trinajstić information content (AvgIpc) is 3.00. The molecule has 0 unspecified atom stereocenters. The highest BCUT2D eigenvalue weighted by atomic mass is 16.2. The van der Waals surface area contributed by atoms with E-state index in [4.69, 9.17) is 0 Å². The molecule has 0 saturated heterocycles. The third-order valence-electron chi connectivity index (χ3n) is 4.80. The second-order valence-corrected chi connectivity index (χ2v) is 7.31. The molecule has 0 aromatic carbocycles. The van der Waals surface area contributed by atoms with Gasteiger partial charge in [0.15, 0.2) is 0 Å². The van der Waals surface area contributed by atoms with E-state index in [9.17, 15) is 4.79 Å². The van der Waals surface area contributed by atoms with Gasteiger partial charge < -0.3 is 5.32 Å². The van der Waals surface area contributed by atoms with Crippen LogP contribution in [0.1, 0.15) is 81.2 Å². The van der Waals surface area contributed by atoms with Gasteiger partial charge in [0.2, 0.25) is 5.82 Å². The van der Waals surface area contributed by atoms with Crippen LogP contribution in [-0.4, -0.2) is 27.6 Å². The number of carbonyl (C=O) groups is 1. The Balaban J connectivity index is 1.58. The van der Waals surface area contributed by atoms with Crippen molar-refractivity contribution in [3.63, 3.8) is 0 Å². The Bertz CT molecular complexity index is 498. The Kier molecular flexibility index (Phi) is 4.00. The number of aromatic amines is 1. The van der Waals surface area contributed by atoms with Crippen molar-refractivity contribution in [1.82, 2.24) is 20.5 Å². The summed E-state index contributed by atoms with van der Waals surface area (Å²) in [6.45, 7) is 5.29. The molecular weight excluding hydrogens is 264 g/mol. The van der Waals surface area contributed by atoms with E-state index in [2.05, 4.69) is 34.3 Å². The van der Waals surface area contributed by atoms with Crippen LogP contribution >= 0.6 is 0 Å². The summed E-state index contributed by atoms with van der Waals surface area (Å²) >= 11 is 0. The molecule has 2 fully saturated rings. The third kappa shape index (κ3) is 3.44. The molecule has 5 nitrogen and oxygen atoms in total. The largest absolute Gasteiger partial charge is 0.349 e. The summed E-state index contributed by atoms with van der Waals surface area (Å²) in [5.74, 6) is 2.21. The summed E-state index contributed by atoms with van der Waals surface area (Å²) in [4.78, 5) is 16.6. The van der Waals surface area contributed by atoms with E-state index in [1.165, 1.54) is 32.1 Å². The molecule has 0 atom stereocenters. The topological polar surface area (TPSA) is 70.7 Å². The maximum absolute atomic E-state index is 12.2. The summed E-state index contributed by atoms with van der Waals surface area (Å²) < 4.78 is 0. The summed E-state index contributed by atoms with van der Waals surface area (Å²) in [5, 5.41) is 10.0. The highest BCUT2D eigenvalue weighted by Crippen LogP contribution is 2.42. The normalized spacial score (nSPS) is 20.9. The summed E-state index contributed by atoms with van der Waals surface area (Å²) in [6.07, 6.45) is 8.54. The molecule has 116 valence electrons. The molecule has 1 heterocycles. The third-order valence-corrected chi connectivity index (χ3v) is 4.80. The van der Waals surface area contributed by atoms with Crippen LogP contribution < -0.4 is 5.32 Å². The molecule has 5 heteroatoms. The molecule has 2 aliphatic carbocycles. The zero-order valence-electron chi connectivity index (χ0n) is 13.1. The molecule has 0 spiro atoms. The van der Waals surface area contributed by atoms with Crippen LogP contribution in [0.25, 0.3) is 0 Å². The van der Waals surface area contributed by atoms with Gasteiger partial charge in [-0.3, -0.25) is 9.89 Å². The first-order valence-corrected chi connectivity index (χ1v) is 8.28. The van der Waals surface area contributed by atoms with Crippen LogP contribution in [0.2, 0.25) is 0 Å². The molecule has 2 saturated carbocycles. The van der Waals surface area contributed by atoms with Gasteiger partial charge in [-0.15, -0.1) is 5.10 Å². The quantitative estimate of drug-likeness (QED) is 0.846. The first-order chi connectivity index (χ1) is 10.1. The van der Waals surface area contributed by atoms with Gasteiger partial charge in [-0.25, -0.2) is 4.98 Å². The first kappa shape index (κ1) is 14.5. The predicted octanol–water partition coefficient (Wildman–Crippen LogP) is 3.02. The maximum Gasteiger partial charge on any atom is 0.290 e. The van der Waals surface area contributed by atoms with Gasteiger partial charge in [-0.1, -0.05) is 26.7 Å². The highest BCUT2D eigenvalue weighted by Gasteiger charge is 2.35. The number of aromatic nitrogens is 3. The molecule has 1 aromatic rings. The molecule has 0 bridgehead atoms. The lowest BCUT2D eigenvalue weighted by Gasteiger charge is -2.31. The van der Waals surface area contributed by atoms with E-state index in [1.807, 2.05) is 0 Å². The Morgan fingerprint density at radius 2 is 2.10 bits per heavy atom. The van der Waals surface area contributed by atoms with E-state index in [-0.39, 0.29) is 5.91 Å². The zero-order chi connectivity index (χ0) is 14.9. The molecule has 2 N–H and O–H groups in total. The standard InChI is InChI=1S/C16H26N4O/c1-11(2)9-16(7-3-4-8-16)10-17-15(21)14-18-13(19-20-14)12-5-6-12/h11-12H,3-10H2,1-2H3,(H,17,21)(H,18,19,20). The Morgan fingerprint density at radius 1 is 1.38 bits per heavy atom. The van der Waals surface area contributed by atoms with E-state index in [0.717, 1.165) is 25.2 Å². The minimum Gasteiger partial charge on any atom is -0.349 e. The lowest BCUT2D eigenvalue weighted by Crippen LogP contribution is -2.37. The van der Waals surface area contributed by atoms with Crippen molar-refractivity contribution in [3.8, 4) is 0 Å². The average molecular weight is 290 g/mol. The predicted molar refractivity (Wildman–Crippen MR) is 81.0 cm³/mol. The molecule has 21 heavy (non-hydrogen) atoms. The minimum atomic E-state index is -0.131. The van der Waals surface area contributed by atoms with Crippen molar-refractivity contribution in [2.75, 3.05) is 6.54 Å². The fraction of sp³-hybridized carbons (Fsp3) is 0.812. The summed E-state index contributed by atoms with van der Waals surface area (Å²) in [6, 6.07) is 0. The van der Waals surface area contributed by atoms with Crippen LogP contribution in [0, 0.1) is 11.3 Å². The number of hydrogen-bond acceptors (Lipinski definition) is 3. The molecule has 2 aliphatic rings. The molecule has 0 aliphatic heterocycles. The second-order valence-electron chi connectivity index (χ2n) is 7.31. The fourth-order valence-corrected chi connectivity index (χ4v) is 3.71. The summed E-state index contributed by atoms with van der Waals surface area (Å²) in [7, 11) is 0. The SMILES string of the molecule is CC(C)CC1(CNC(=O)c2n[nH]c(C3CC3)n2)CCCC1. The van der Waals surface area contributed by atoms with Crippen LogP contribution in [0.5, 0.6) is 0 Å². The van der Waals surface area contributed by atoms with Crippen molar-refractivity contribution in [2.45, 2.75) is 64.7 Å². The zero-order valence-corrected chi connectivity index (χ0v) is 13.1. The molecular formula is C16H26N4O. The van der Waals surface area contributed by atoms with Crippen LogP contribution in [-0.2, 0) is 0 Å². The number of hydrogen-bond donors (Lipinski definition) is 2. The molecule has 1 aromatic heterocycles. The van der Waals surface area contributed by atoms with E-state index in [1.54, 1.807) is 0 Å². The Hall–Kier alpha value is -1.39. The van der Waals surface area contributed by atoms with E-state index < -0.39 is 0 Å². The second kappa shape index (κ2) is 5.78. The number of nitrogens with one attached hydrogen (secondary N) is 2. The van der Waals surface area contributed by atoms with Gasteiger partial charge in [0.1, 0.15) is 5.82 Å². The smallest absolute Gasteiger partial charge is 0.290 e. The number of rotatable bonds is 6. The minimum absolute atomic E-state index is 0.131. The van der Waals surface area contributed by atoms with Crippen LogP contribution in [0.3, 0.4) is 0 Å². The monoisotopic (exact) mass is 290 g/mol.